The van der Waals surface area contributed by atoms with Gasteiger partial charge in [-0.2, -0.15) is 0 Å². The number of carbonyl (C=O) groups excluding carboxylic acids is 1. The maximum Gasteiger partial charge on any atom is 0.291 e. The molecule has 0 N–H and O–H groups in total. The van der Waals surface area contributed by atoms with Gasteiger partial charge in [0.2, 0.25) is 5.76 Å². The third kappa shape index (κ3) is 4.09. The van der Waals surface area contributed by atoms with Gasteiger partial charge in [-0.15, -0.1) is 0 Å². The Balaban J connectivity index is 1.67. The van der Waals surface area contributed by atoms with Crippen molar-refractivity contribution in [2.24, 2.45) is 0 Å². The molecule has 6 heteroatoms. The summed E-state index contributed by atoms with van der Waals surface area (Å²) < 4.78 is 25.3. The lowest BCUT2D eigenvalue weighted by molar-refractivity contribution is 0.0714. The van der Waals surface area contributed by atoms with E-state index in [2.05, 4.69) is 0 Å². The van der Waals surface area contributed by atoms with Crippen LogP contribution in [0.25, 0.3) is 11.0 Å². The minimum Gasteiger partial charge on any atom is -0.494 e. The van der Waals surface area contributed by atoms with Gasteiger partial charge in [-0.3, -0.25) is 9.59 Å². The maximum atomic E-state index is 13.8. The Hall–Kier alpha value is -3.93. The maximum absolute atomic E-state index is 13.8. The van der Waals surface area contributed by atoms with Crippen molar-refractivity contribution in [1.82, 2.24) is 4.90 Å². The zero-order chi connectivity index (χ0) is 24.7. The van der Waals surface area contributed by atoms with Crippen molar-refractivity contribution < 1.29 is 18.3 Å². The smallest absolute Gasteiger partial charge is 0.291 e. The summed E-state index contributed by atoms with van der Waals surface area (Å²) in [5.74, 6) is 0.0763. The van der Waals surface area contributed by atoms with E-state index >= 15 is 0 Å². The second kappa shape index (κ2) is 9.02. The van der Waals surface area contributed by atoms with Gasteiger partial charge in [0, 0.05) is 6.54 Å². The SMILES string of the molecule is CCCOc1ccc(C2c3c(oc4c(C)cc(C)cc4c3=O)C(=O)N2Cc2ccc(F)cc2)cc1. The first-order valence-corrected chi connectivity index (χ1v) is 11.7. The van der Waals surface area contributed by atoms with Crippen molar-refractivity contribution in [2.45, 2.75) is 39.8 Å². The van der Waals surface area contributed by atoms with Crippen molar-refractivity contribution in [3.63, 3.8) is 0 Å². The second-order valence-corrected chi connectivity index (χ2v) is 9.01. The summed E-state index contributed by atoms with van der Waals surface area (Å²) in [4.78, 5) is 29.0. The first-order chi connectivity index (χ1) is 16.9. The van der Waals surface area contributed by atoms with Crippen molar-refractivity contribution in [1.29, 1.82) is 0 Å². The lowest BCUT2D eigenvalue weighted by Crippen LogP contribution is -2.29. The fourth-order valence-electron chi connectivity index (χ4n) is 4.74. The average molecular weight is 472 g/mol. The van der Waals surface area contributed by atoms with E-state index in [1.807, 2.05) is 51.1 Å². The highest BCUT2D eigenvalue weighted by Gasteiger charge is 2.42. The normalized spacial score (nSPS) is 15.0. The van der Waals surface area contributed by atoms with Crippen molar-refractivity contribution in [3.8, 4) is 5.75 Å². The molecule has 35 heavy (non-hydrogen) atoms. The quantitative estimate of drug-likeness (QED) is 0.342. The summed E-state index contributed by atoms with van der Waals surface area (Å²) in [6.07, 6.45) is 0.894. The highest BCUT2D eigenvalue weighted by molar-refractivity contribution is 5.99. The van der Waals surface area contributed by atoms with Crippen molar-refractivity contribution >= 4 is 16.9 Å². The van der Waals surface area contributed by atoms with Crippen LogP contribution < -0.4 is 10.2 Å². The average Bonchev–Trinajstić information content (AvgIpc) is 3.12. The molecule has 1 unspecified atom stereocenters. The topological polar surface area (TPSA) is 59.8 Å². The van der Waals surface area contributed by atoms with Crippen LogP contribution in [0.1, 0.15) is 57.8 Å². The minimum atomic E-state index is -0.635. The molecule has 0 radical (unpaired) electrons. The van der Waals surface area contributed by atoms with Crippen LogP contribution in [-0.2, 0) is 6.54 Å². The van der Waals surface area contributed by atoms with Gasteiger partial charge in [-0.1, -0.05) is 37.3 Å². The monoisotopic (exact) mass is 471 g/mol. The number of aryl methyl sites for hydroxylation is 2. The van der Waals surface area contributed by atoms with Crippen LogP contribution in [0.2, 0.25) is 0 Å². The molecule has 4 aromatic rings. The largest absolute Gasteiger partial charge is 0.494 e. The standard InChI is InChI=1S/C29H26FNO4/c1-4-13-34-22-11-7-20(8-12-22)25-24-26(32)23-15-17(2)14-18(3)27(23)35-28(24)29(33)31(25)16-19-5-9-21(30)10-6-19/h5-12,14-15,25H,4,13,16H2,1-3H3. The van der Waals surface area contributed by atoms with Gasteiger partial charge in [0.05, 0.1) is 23.6 Å². The molecule has 0 bridgehead atoms. The molecule has 1 amide bonds. The molecule has 0 aliphatic carbocycles. The number of fused-ring (bicyclic) bond motifs is 2. The summed E-state index contributed by atoms with van der Waals surface area (Å²) in [5.41, 5.74) is 3.83. The zero-order valence-corrected chi connectivity index (χ0v) is 19.9. The third-order valence-corrected chi connectivity index (χ3v) is 6.33. The van der Waals surface area contributed by atoms with Gasteiger partial charge >= 0.3 is 0 Å². The van der Waals surface area contributed by atoms with Crippen LogP contribution in [-0.4, -0.2) is 17.4 Å². The molecule has 1 aromatic heterocycles. The number of nitrogens with zero attached hydrogens (tertiary/aromatic N) is 1. The van der Waals surface area contributed by atoms with E-state index in [1.54, 1.807) is 23.1 Å². The van der Waals surface area contributed by atoms with Gasteiger partial charge in [0.25, 0.3) is 5.91 Å². The molecule has 0 spiro atoms. The van der Waals surface area contributed by atoms with Crippen LogP contribution in [0.15, 0.2) is 69.9 Å². The lowest BCUT2D eigenvalue weighted by Gasteiger charge is -2.25. The number of rotatable bonds is 6. The zero-order valence-electron chi connectivity index (χ0n) is 19.9. The van der Waals surface area contributed by atoms with E-state index in [9.17, 15) is 14.0 Å². The summed E-state index contributed by atoms with van der Waals surface area (Å²) >= 11 is 0. The Bertz CT molecular complexity index is 1470. The highest BCUT2D eigenvalue weighted by atomic mass is 19.1. The number of ether oxygens (including phenoxy) is 1. The molecule has 2 heterocycles. The second-order valence-electron chi connectivity index (χ2n) is 9.01. The van der Waals surface area contributed by atoms with Crippen LogP contribution >= 0.6 is 0 Å². The number of amides is 1. The lowest BCUT2D eigenvalue weighted by atomic mass is 9.97. The molecule has 1 atom stereocenters. The van der Waals surface area contributed by atoms with E-state index in [4.69, 9.17) is 9.15 Å². The van der Waals surface area contributed by atoms with E-state index in [0.29, 0.717) is 23.1 Å². The Kier molecular flexibility index (Phi) is 5.89. The van der Waals surface area contributed by atoms with Crippen LogP contribution in [0.5, 0.6) is 5.75 Å². The predicted molar refractivity (Wildman–Crippen MR) is 132 cm³/mol. The molecule has 3 aromatic carbocycles. The third-order valence-electron chi connectivity index (χ3n) is 6.33. The minimum absolute atomic E-state index is 0.0628. The molecule has 1 aliphatic heterocycles. The van der Waals surface area contributed by atoms with Gasteiger partial charge in [0.15, 0.2) is 5.43 Å². The number of benzene rings is 3. The summed E-state index contributed by atoms with van der Waals surface area (Å²) in [6.45, 7) is 6.64. The Morgan fingerprint density at radius 3 is 2.40 bits per heavy atom. The van der Waals surface area contributed by atoms with Gasteiger partial charge in [-0.25, -0.2) is 4.39 Å². The molecule has 5 nitrogen and oxygen atoms in total. The van der Waals surface area contributed by atoms with Gasteiger partial charge < -0.3 is 14.1 Å². The molecular weight excluding hydrogens is 445 g/mol. The van der Waals surface area contributed by atoms with Gasteiger partial charge in [0.1, 0.15) is 17.1 Å². The predicted octanol–water partition coefficient (Wildman–Crippen LogP) is 6.08. The first-order valence-electron chi connectivity index (χ1n) is 11.7. The first kappa shape index (κ1) is 22.8. The fraction of sp³-hybridized carbons (Fsp3) is 0.241. The number of hydrogen-bond acceptors (Lipinski definition) is 4. The Labute approximate surface area is 202 Å². The summed E-state index contributed by atoms with van der Waals surface area (Å²) in [5, 5.41) is 0.464. The van der Waals surface area contributed by atoms with Crippen molar-refractivity contribution in [2.75, 3.05) is 6.61 Å². The number of hydrogen-bond donors (Lipinski definition) is 0. The van der Waals surface area contributed by atoms with Crippen molar-refractivity contribution in [3.05, 3.63) is 110 Å². The van der Waals surface area contributed by atoms with Gasteiger partial charge in [-0.05, 0) is 72.9 Å². The number of halogens is 1. The molecule has 178 valence electrons. The molecule has 0 saturated carbocycles. The van der Waals surface area contributed by atoms with E-state index in [0.717, 1.165) is 34.4 Å². The van der Waals surface area contributed by atoms with Crippen LogP contribution in [0.3, 0.4) is 0 Å². The fourth-order valence-corrected chi connectivity index (χ4v) is 4.74. The molecule has 1 aliphatic rings. The van der Waals surface area contributed by atoms with Crippen LogP contribution in [0.4, 0.5) is 4.39 Å². The van der Waals surface area contributed by atoms with E-state index < -0.39 is 6.04 Å². The van der Waals surface area contributed by atoms with Crippen LogP contribution in [0, 0.1) is 19.7 Å². The molecule has 5 rings (SSSR count). The Morgan fingerprint density at radius 2 is 1.71 bits per heavy atom. The summed E-state index contributed by atoms with van der Waals surface area (Å²) in [7, 11) is 0. The highest BCUT2D eigenvalue weighted by Crippen LogP contribution is 2.40. The molecule has 0 fully saturated rings. The van der Waals surface area contributed by atoms with E-state index in [1.165, 1.54) is 12.1 Å². The summed E-state index contributed by atoms with van der Waals surface area (Å²) in [6, 6.07) is 16.6. The van der Waals surface area contributed by atoms with E-state index in [-0.39, 0.29) is 29.5 Å². The molecule has 0 saturated heterocycles. The Morgan fingerprint density at radius 1 is 1.00 bits per heavy atom. The number of carbonyl (C=O) groups is 1. The molecular formula is C29H26FNO4.